The number of hydrogen-bond donors (Lipinski definition) is 1. The quantitative estimate of drug-likeness (QED) is 0.848. The molecule has 0 saturated carbocycles. The number of rotatable bonds is 3. The molecule has 0 radical (unpaired) electrons. The van der Waals surface area contributed by atoms with Gasteiger partial charge in [-0.3, -0.25) is 0 Å². The molecule has 2 atom stereocenters. The Bertz CT molecular complexity index is 346. The van der Waals surface area contributed by atoms with Gasteiger partial charge in [0, 0.05) is 13.7 Å². The fourth-order valence-corrected chi connectivity index (χ4v) is 2.01. The molecule has 0 unspecified atom stereocenters. The van der Waals surface area contributed by atoms with Crippen LogP contribution in [0.3, 0.4) is 0 Å². The minimum Gasteiger partial charge on any atom is -0.394 e. The van der Waals surface area contributed by atoms with Crippen molar-refractivity contribution in [2.24, 2.45) is 0 Å². The van der Waals surface area contributed by atoms with Crippen LogP contribution in [0.4, 0.5) is 5.95 Å². The van der Waals surface area contributed by atoms with Gasteiger partial charge < -0.3 is 14.7 Å². The first kappa shape index (κ1) is 11.6. The van der Waals surface area contributed by atoms with Crippen LogP contribution < -0.4 is 4.90 Å². The molecule has 1 aliphatic rings. The van der Waals surface area contributed by atoms with Crippen LogP contribution in [-0.2, 0) is 4.74 Å². The summed E-state index contributed by atoms with van der Waals surface area (Å²) in [5.74, 6) is 0.586. The second-order valence-electron chi connectivity index (χ2n) is 3.78. The third kappa shape index (κ3) is 2.26. The predicted octanol–water partition coefficient (Wildman–Crippen LogP) is 0.716. The second kappa shape index (κ2) is 4.95. The van der Waals surface area contributed by atoms with Crippen LogP contribution in [0.25, 0.3) is 0 Å². The maximum absolute atomic E-state index is 9.29. The van der Waals surface area contributed by atoms with E-state index in [0.717, 1.165) is 6.42 Å². The number of methoxy groups -OCH3 is 1. The molecule has 2 heterocycles. The maximum Gasteiger partial charge on any atom is 0.225 e. The van der Waals surface area contributed by atoms with Crippen LogP contribution in [0.5, 0.6) is 0 Å². The van der Waals surface area contributed by atoms with Crippen LogP contribution >= 0.6 is 11.6 Å². The van der Waals surface area contributed by atoms with E-state index in [2.05, 4.69) is 9.97 Å². The summed E-state index contributed by atoms with van der Waals surface area (Å²) in [5, 5.41) is 9.79. The van der Waals surface area contributed by atoms with E-state index < -0.39 is 0 Å². The van der Waals surface area contributed by atoms with Crippen LogP contribution in [0.1, 0.15) is 6.42 Å². The van der Waals surface area contributed by atoms with Crippen molar-refractivity contribution in [2.75, 3.05) is 25.2 Å². The van der Waals surface area contributed by atoms with Crippen molar-refractivity contribution < 1.29 is 9.84 Å². The summed E-state index contributed by atoms with van der Waals surface area (Å²) in [7, 11) is 1.67. The van der Waals surface area contributed by atoms with E-state index in [0.29, 0.717) is 17.5 Å². The van der Waals surface area contributed by atoms with E-state index in [1.54, 1.807) is 19.5 Å². The molecular weight excluding hydrogens is 230 g/mol. The van der Waals surface area contributed by atoms with Crippen molar-refractivity contribution in [3.05, 3.63) is 17.4 Å². The van der Waals surface area contributed by atoms with Gasteiger partial charge in [-0.15, -0.1) is 0 Å². The highest BCUT2D eigenvalue weighted by molar-refractivity contribution is 6.30. The number of halogens is 1. The fourth-order valence-electron chi connectivity index (χ4n) is 1.92. The van der Waals surface area contributed by atoms with Crippen molar-refractivity contribution in [2.45, 2.75) is 18.6 Å². The zero-order chi connectivity index (χ0) is 11.5. The normalized spacial score (nSPS) is 25.1. The van der Waals surface area contributed by atoms with E-state index >= 15 is 0 Å². The molecule has 0 bridgehead atoms. The molecule has 88 valence electrons. The molecule has 1 aromatic heterocycles. The number of ether oxygens (including phenoxy) is 1. The molecule has 1 aliphatic heterocycles. The van der Waals surface area contributed by atoms with E-state index in [4.69, 9.17) is 16.3 Å². The van der Waals surface area contributed by atoms with Crippen molar-refractivity contribution >= 4 is 17.5 Å². The molecule has 1 aromatic rings. The van der Waals surface area contributed by atoms with Crippen LogP contribution in [0.15, 0.2) is 12.4 Å². The van der Waals surface area contributed by atoms with E-state index in [1.165, 1.54) is 0 Å². The molecule has 6 heteroatoms. The van der Waals surface area contributed by atoms with Crippen molar-refractivity contribution in [1.29, 1.82) is 0 Å². The second-order valence-corrected chi connectivity index (χ2v) is 4.22. The number of nitrogens with zero attached hydrogens (tertiary/aromatic N) is 3. The van der Waals surface area contributed by atoms with Gasteiger partial charge in [-0.25, -0.2) is 9.97 Å². The van der Waals surface area contributed by atoms with Crippen molar-refractivity contribution in [3.8, 4) is 0 Å². The first-order valence-corrected chi connectivity index (χ1v) is 5.50. The molecule has 0 aliphatic carbocycles. The largest absolute Gasteiger partial charge is 0.394 e. The molecule has 2 rings (SSSR count). The summed E-state index contributed by atoms with van der Waals surface area (Å²) in [4.78, 5) is 10.2. The summed E-state index contributed by atoms with van der Waals surface area (Å²) >= 11 is 5.73. The standard InChI is InChI=1S/C10H14ClN3O2/c1-16-9-2-8(6-15)14(5-9)10-12-3-7(11)4-13-10/h3-4,8-9,15H,2,5-6H2,1H3/t8-,9-/m0/s1. The number of hydrogen-bond acceptors (Lipinski definition) is 5. The summed E-state index contributed by atoms with van der Waals surface area (Å²) in [6.07, 6.45) is 4.02. The van der Waals surface area contributed by atoms with E-state index in [-0.39, 0.29) is 18.8 Å². The van der Waals surface area contributed by atoms with Crippen molar-refractivity contribution in [1.82, 2.24) is 9.97 Å². The molecule has 5 nitrogen and oxygen atoms in total. The lowest BCUT2D eigenvalue weighted by molar-refractivity contribution is 0.115. The highest BCUT2D eigenvalue weighted by atomic mass is 35.5. The first-order chi connectivity index (χ1) is 7.74. The Kier molecular flexibility index (Phi) is 3.58. The molecule has 1 saturated heterocycles. The van der Waals surface area contributed by atoms with E-state index in [9.17, 15) is 5.11 Å². The molecule has 0 amide bonds. The number of aliphatic hydroxyl groups is 1. The highest BCUT2D eigenvalue weighted by Gasteiger charge is 2.33. The van der Waals surface area contributed by atoms with Crippen molar-refractivity contribution in [3.63, 3.8) is 0 Å². The fraction of sp³-hybridized carbons (Fsp3) is 0.600. The van der Waals surface area contributed by atoms with Crippen LogP contribution in [0, 0.1) is 0 Å². The number of anilines is 1. The molecule has 1 N–H and O–H groups in total. The summed E-state index contributed by atoms with van der Waals surface area (Å²) in [5.41, 5.74) is 0. The molecular formula is C10H14ClN3O2. The summed E-state index contributed by atoms with van der Waals surface area (Å²) in [6, 6.07) is 0.0196. The Labute approximate surface area is 99.0 Å². The SMILES string of the molecule is CO[C@H]1C[C@@H](CO)N(c2ncc(Cl)cn2)C1. The zero-order valence-corrected chi connectivity index (χ0v) is 9.76. The van der Waals surface area contributed by atoms with Gasteiger partial charge in [0.1, 0.15) is 0 Å². The molecule has 1 fully saturated rings. The Morgan fingerprint density at radius 2 is 2.25 bits per heavy atom. The third-order valence-corrected chi connectivity index (χ3v) is 2.98. The lowest BCUT2D eigenvalue weighted by Crippen LogP contribution is -2.33. The number of aromatic nitrogens is 2. The molecule has 16 heavy (non-hydrogen) atoms. The van der Waals surface area contributed by atoms with Gasteiger partial charge in [-0.05, 0) is 6.42 Å². The highest BCUT2D eigenvalue weighted by Crippen LogP contribution is 2.24. The Hall–Kier alpha value is -0.910. The first-order valence-electron chi connectivity index (χ1n) is 5.12. The summed E-state index contributed by atoms with van der Waals surface area (Å²) < 4.78 is 5.28. The zero-order valence-electron chi connectivity index (χ0n) is 9.01. The number of aliphatic hydroxyl groups excluding tert-OH is 1. The van der Waals surface area contributed by atoms with Gasteiger partial charge in [-0.1, -0.05) is 11.6 Å². The minimum absolute atomic E-state index is 0.0196. The molecule has 0 spiro atoms. The Morgan fingerprint density at radius 1 is 1.56 bits per heavy atom. The van der Waals surface area contributed by atoms with Gasteiger partial charge in [0.15, 0.2) is 0 Å². The average molecular weight is 244 g/mol. The van der Waals surface area contributed by atoms with Gasteiger partial charge in [0.25, 0.3) is 0 Å². The van der Waals surface area contributed by atoms with Gasteiger partial charge in [0.2, 0.25) is 5.95 Å². The van der Waals surface area contributed by atoms with Crippen LogP contribution in [0.2, 0.25) is 5.02 Å². The van der Waals surface area contributed by atoms with Gasteiger partial charge in [0.05, 0.1) is 36.2 Å². The smallest absolute Gasteiger partial charge is 0.225 e. The van der Waals surface area contributed by atoms with E-state index in [1.807, 2.05) is 4.90 Å². The molecule has 0 aromatic carbocycles. The third-order valence-electron chi connectivity index (χ3n) is 2.78. The van der Waals surface area contributed by atoms with Gasteiger partial charge in [-0.2, -0.15) is 0 Å². The average Bonchev–Trinajstić information content (AvgIpc) is 2.73. The van der Waals surface area contributed by atoms with Gasteiger partial charge >= 0.3 is 0 Å². The lowest BCUT2D eigenvalue weighted by Gasteiger charge is -2.22. The van der Waals surface area contributed by atoms with Crippen LogP contribution in [-0.4, -0.2) is 47.5 Å². The Morgan fingerprint density at radius 3 is 2.81 bits per heavy atom. The monoisotopic (exact) mass is 243 g/mol. The minimum atomic E-state index is 0.0196. The lowest BCUT2D eigenvalue weighted by atomic mass is 10.2. The predicted molar refractivity (Wildman–Crippen MR) is 60.7 cm³/mol. The summed E-state index contributed by atoms with van der Waals surface area (Å²) in [6.45, 7) is 0.773. The maximum atomic E-state index is 9.29. The Balaban J connectivity index is 2.16. The topological polar surface area (TPSA) is 58.5 Å².